The van der Waals surface area contributed by atoms with Gasteiger partial charge in [-0.2, -0.15) is 0 Å². The Kier molecular flexibility index (Phi) is 4.52. The Hall–Kier alpha value is -3.18. The zero-order chi connectivity index (χ0) is 19.8. The summed E-state index contributed by atoms with van der Waals surface area (Å²) in [6.45, 7) is 2.48. The number of furan rings is 1. The zero-order valence-corrected chi connectivity index (χ0v) is 16.1. The molecule has 29 heavy (non-hydrogen) atoms. The SMILES string of the molecule is O=C(NC[C@@H](c1ccco1)N1CCCC1)c1ccc2c(c1)C(=O)c1ccccc1-2. The molecule has 0 radical (unpaired) electrons. The molecular weight excluding hydrogens is 364 g/mol. The summed E-state index contributed by atoms with van der Waals surface area (Å²) in [6.07, 6.45) is 4.00. The Balaban J connectivity index is 1.34. The molecule has 5 nitrogen and oxygen atoms in total. The van der Waals surface area contributed by atoms with Gasteiger partial charge in [-0.05, 0) is 61.3 Å². The minimum Gasteiger partial charge on any atom is -0.468 e. The first-order chi connectivity index (χ1) is 14.2. The number of likely N-dealkylation sites (tertiary alicyclic amines) is 1. The number of hydrogen-bond acceptors (Lipinski definition) is 4. The van der Waals surface area contributed by atoms with E-state index in [0.717, 1.165) is 30.0 Å². The minimum atomic E-state index is -0.174. The van der Waals surface area contributed by atoms with Gasteiger partial charge in [-0.25, -0.2) is 0 Å². The average Bonchev–Trinajstić information content (AvgIpc) is 3.51. The molecule has 3 aromatic rings. The fourth-order valence-electron chi connectivity index (χ4n) is 4.40. The summed E-state index contributed by atoms with van der Waals surface area (Å²) < 4.78 is 5.62. The molecule has 1 amide bonds. The van der Waals surface area contributed by atoms with E-state index >= 15 is 0 Å². The predicted molar refractivity (Wildman–Crippen MR) is 110 cm³/mol. The molecule has 1 N–H and O–H groups in total. The fourth-order valence-corrected chi connectivity index (χ4v) is 4.40. The van der Waals surface area contributed by atoms with Crippen molar-refractivity contribution in [3.8, 4) is 11.1 Å². The van der Waals surface area contributed by atoms with Crippen molar-refractivity contribution in [2.75, 3.05) is 19.6 Å². The third-order valence-corrected chi connectivity index (χ3v) is 5.90. The number of nitrogens with zero attached hydrogens (tertiary/aromatic N) is 1. The van der Waals surface area contributed by atoms with Gasteiger partial charge in [-0.3, -0.25) is 14.5 Å². The van der Waals surface area contributed by atoms with Crippen LogP contribution in [0.5, 0.6) is 0 Å². The first kappa shape index (κ1) is 17.9. The number of carbonyl (C=O) groups is 2. The lowest BCUT2D eigenvalue weighted by Gasteiger charge is -2.26. The molecule has 146 valence electrons. The van der Waals surface area contributed by atoms with Crippen LogP contribution in [0.15, 0.2) is 65.3 Å². The van der Waals surface area contributed by atoms with E-state index in [1.165, 1.54) is 12.8 Å². The monoisotopic (exact) mass is 386 g/mol. The minimum absolute atomic E-state index is 0.0178. The van der Waals surface area contributed by atoms with Crippen LogP contribution in [-0.2, 0) is 0 Å². The van der Waals surface area contributed by atoms with Crippen molar-refractivity contribution in [2.45, 2.75) is 18.9 Å². The molecule has 1 atom stereocenters. The summed E-state index contributed by atoms with van der Waals surface area (Å²) in [5.74, 6) is 0.676. The number of nitrogens with one attached hydrogen (secondary N) is 1. The molecule has 5 heteroatoms. The van der Waals surface area contributed by atoms with Gasteiger partial charge in [0.15, 0.2) is 5.78 Å². The van der Waals surface area contributed by atoms with Gasteiger partial charge in [0.05, 0.1) is 12.3 Å². The summed E-state index contributed by atoms with van der Waals surface area (Å²) in [6, 6.07) is 16.8. The molecule has 0 unspecified atom stereocenters. The number of fused-ring (bicyclic) bond motifs is 3. The molecule has 1 aliphatic carbocycles. The third-order valence-electron chi connectivity index (χ3n) is 5.90. The molecule has 1 aliphatic heterocycles. The van der Waals surface area contributed by atoms with Gasteiger partial charge in [0.1, 0.15) is 5.76 Å². The largest absolute Gasteiger partial charge is 0.468 e. The normalized spacial score (nSPS) is 16.5. The molecule has 2 heterocycles. The summed E-state index contributed by atoms with van der Waals surface area (Å²) in [5.41, 5.74) is 3.64. The Labute approximate surface area is 169 Å². The van der Waals surface area contributed by atoms with Crippen molar-refractivity contribution < 1.29 is 14.0 Å². The lowest BCUT2D eigenvalue weighted by atomic mass is 10.0. The summed E-state index contributed by atoms with van der Waals surface area (Å²) in [4.78, 5) is 27.9. The predicted octanol–water partition coefficient (Wildman–Crippen LogP) is 4.06. The molecule has 1 aromatic heterocycles. The summed E-state index contributed by atoms with van der Waals surface area (Å²) >= 11 is 0. The Morgan fingerprint density at radius 2 is 1.72 bits per heavy atom. The number of amides is 1. The van der Waals surface area contributed by atoms with Crippen LogP contribution in [0.25, 0.3) is 11.1 Å². The number of carbonyl (C=O) groups excluding carboxylic acids is 2. The second kappa shape index (κ2) is 7.33. The van der Waals surface area contributed by atoms with E-state index in [-0.39, 0.29) is 17.7 Å². The van der Waals surface area contributed by atoms with Crippen LogP contribution in [0.1, 0.15) is 50.9 Å². The highest BCUT2D eigenvalue weighted by molar-refractivity contribution is 6.22. The second-order valence-electron chi connectivity index (χ2n) is 7.62. The maximum atomic E-state index is 12.8. The maximum Gasteiger partial charge on any atom is 0.251 e. The number of rotatable bonds is 5. The highest BCUT2D eigenvalue weighted by Gasteiger charge is 2.28. The maximum absolute atomic E-state index is 12.8. The molecular formula is C24H22N2O3. The topological polar surface area (TPSA) is 62.6 Å². The van der Waals surface area contributed by atoms with E-state index < -0.39 is 0 Å². The van der Waals surface area contributed by atoms with Gasteiger partial charge in [-0.1, -0.05) is 30.3 Å². The van der Waals surface area contributed by atoms with E-state index in [0.29, 0.717) is 23.2 Å². The van der Waals surface area contributed by atoms with Gasteiger partial charge >= 0.3 is 0 Å². The van der Waals surface area contributed by atoms with Crippen LogP contribution in [0, 0.1) is 0 Å². The van der Waals surface area contributed by atoms with Gasteiger partial charge in [0.2, 0.25) is 0 Å². The Morgan fingerprint density at radius 1 is 0.966 bits per heavy atom. The van der Waals surface area contributed by atoms with E-state index in [1.807, 2.05) is 42.5 Å². The molecule has 5 rings (SSSR count). The van der Waals surface area contributed by atoms with Gasteiger partial charge in [-0.15, -0.1) is 0 Å². The van der Waals surface area contributed by atoms with E-state index in [4.69, 9.17) is 4.42 Å². The van der Waals surface area contributed by atoms with Crippen molar-refractivity contribution in [3.63, 3.8) is 0 Å². The third kappa shape index (κ3) is 3.17. The zero-order valence-electron chi connectivity index (χ0n) is 16.1. The average molecular weight is 386 g/mol. The first-order valence-electron chi connectivity index (χ1n) is 10.1. The van der Waals surface area contributed by atoms with Crippen LogP contribution >= 0.6 is 0 Å². The van der Waals surface area contributed by atoms with E-state index in [2.05, 4.69) is 10.2 Å². The van der Waals surface area contributed by atoms with Gasteiger partial charge in [0.25, 0.3) is 5.91 Å². The lowest BCUT2D eigenvalue weighted by Crippen LogP contribution is -2.36. The fraction of sp³-hybridized carbons (Fsp3) is 0.250. The van der Waals surface area contributed by atoms with Crippen LogP contribution < -0.4 is 5.32 Å². The standard InChI is InChI=1S/C24H22N2O3/c27-23-19-7-2-1-6-17(19)18-10-9-16(14-20(18)23)24(28)25-15-21(22-8-5-13-29-22)26-11-3-4-12-26/h1-2,5-10,13-14,21H,3-4,11-12,15H2,(H,25,28)/t21-/m0/s1. The highest BCUT2D eigenvalue weighted by Crippen LogP contribution is 2.36. The van der Waals surface area contributed by atoms with Crippen molar-refractivity contribution in [1.82, 2.24) is 10.2 Å². The van der Waals surface area contributed by atoms with Crippen molar-refractivity contribution in [3.05, 3.63) is 83.3 Å². The molecule has 0 spiro atoms. The van der Waals surface area contributed by atoms with Crippen LogP contribution in [0.3, 0.4) is 0 Å². The smallest absolute Gasteiger partial charge is 0.251 e. The number of benzene rings is 2. The van der Waals surface area contributed by atoms with Gasteiger partial charge in [0, 0.05) is 23.2 Å². The quantitative estimate of drug-likeness (QED) is 0.562. The summed E-state index contributed by atoms with van der Waals surface area (Å²) in [5, 5.41) is 3.04. The van der Waals surface area contributed by atoms with Gasteiger partial charge < -0.3 is 9.73 Å². The molecule has 1 saturated heterocycles. The Morgan fingerprint density at radius 3 is 2.48 bits per heavy atom. The lowest BCUT2D eigenvalue weighted by molar-refractivity contribution is 0.0933. The van der Waals surface area contributed by atoms with Crippen molar-refractivity contribution >= 4 is 11.7 Å². The molecule has 2 aromatic carbocycles. The molecule has 0 bridgehead atoms. The van der Waals surface area contributed by atoms with E-state index in [9.17, 15) is 9.59 Å². The summed E-state index contributed by atoms with van der Waals surface area (Å²) in [7, 11) is 0. The highest BCUT2D eigenvalue weighted by atomic mass is 16.3. The molecule has 2 aliphatic rings. The Bertz CT molecular complexity index is 1070. The van der Waals surface area contributed by atoms with Crippen molar-refractivity contribution in [2.24, 2.45) is 0 Å². The number of ketones is 1. The molecule has 1 fully saturated rings. The number of hydrogen-bond donors (Lipinski definition) is 1. The van der Waals surface area contributed by atoms with Crippen LogP contribution in [-0.4, -0.2) is 36.2 Å². The second-order valence-corrected chi connectivity index (χ2v) is 7.62. The first-order valence-corrected chi connectivity index (χ1v) is 10.1. The van der Waals surface area contributed by atoms with E-state index in [1.54, 1.807) is 18.4 Å². The van der Waals surface area contributed by atoms with Crippen LogP contribution in [0.4, 0.5) is 0 Å². The molecule has 0 saturated carbocycles. The van der Waals surface area contributed by atoms with Crippen LogP contribution in [0.2, 0.25) is 0 Å². The van der Waals surface area contributed by atoms with Crippen molar-refractivity contribution in [1.29, 1.82) is 0 Å².